The summed E-state index contributed by atoms with van der Waals surface area (Å²) in [6, 6.07) is 0. The minimum Gasteiger partial charge on any atom is -0.545 e. The van der Waals surface area contributed by atoms with Gasteiger partial charge in [0.1, 0.15) is 0 Å². The lowest BCUT2D eigenvalue weighted by atomic mass is 9.96. The highest BCUT2D eigenvalue weighted by Gasteiger charge is 2.09. The molecule has 0 spiro atoms. The quantitative estimate of drug-likeness (QED) is 0.334. The Bertz CT molecular complexity index is 328. The summed E-state index contributed by atoms with van der Waals surface area (Å²) in [7, 11) is 0. The smallest absolute Gasteiger partial charge is 0.0678 e. The zero-order valence-corrected chi connectivity index (χ0v) is 13.0. The van der Waals surface area contributed by atoms with Crippen LogP contribution >= 0.6 is 0 Å². The minimum absolute atomic E-state index is 0.0985. The molecule has 0 atom stereocenters. The molecule has 0 aromatic carbocycles. The van der Waals surface area contributed by atoms with E-state index in [1.807, 2.05) is 0 Å². The average Bonchev–Trinajstić information content (AvgIpc) is 2.47. The van der Waals surface area contributed by atoms with Crippen LogP contribution < -0.4 is 10.2 Å². The van der Waals surface area contributed by atoms with E-state index in [2.05, 4.69) is 0 Å². The maximum absolute atomic E-state index is 11.2. The van der Waals surface area contributed by atoms with Crippen molar-refractivity contribution in [1.29, 1.82) is 0 Å². The summed E-state index contributed by atoms with van der Waals surface area (Å²) in [4.78, 5) is 22.3. The molecular weight excluding hydrogens is 288 g/mol. The lowest BCUT2D eigenvalue weighted by Crippen LogP contribution is -2.32. The minimum atomic E-state index is -1.45. The van der Waals surface area contributed by atoms with Crippen molar-refractivity contribution in [3.05, 3.63) is 11.1 Å². The van der Waals surface area contributed by atoms with Gasteiger partial charge in [0.25, 0.3) is 0 Å². The van der Waals surface area contributed by atoms with Crippen LogP contribution in [0.3, 0.4) is 0 Å². The fraction of sp³-hybridized carbons (Fsp3) is 0.750. The molecule has 0 aromatic rings. The van der Waals surface area contributed by atoms with Gasteiger partial charge in [-0.3, -0.25) is 0 Å². The number of carbonyl (C=O) groups excluding carboxylic acids is 2. The number of aliphatic hydroxyl groups is 2. The highest BCUT2D eigenvalue weighted by Crippen LogP contribution is 2.19. The molecule has 0 aliphatic rings. The molecule has 0 radical (unpaired) electrons. The maximum Gasteiger partial charge on any atom is 0.0678 e. The van der Waals surface area contributed by atoms with E-state index in [-0.39, 0.29) is 37.2 Å². The van der Waals surface area contributed by atoms with Crippen LogP contribution in [0.15, 0.2) is 11.1 Å². The van der Waals surface area contributed by atoms with Gasteiger partial charge in [-0.05, 0) is 49.7 Å². The number of hydrogen-bond donors (Lipinski definition) is 2. The Hall–Kier alpha value is -1.40. The van der Waals surface area contributed by atoms with E-state index < -0.39 is 11.9 Å². The van der Waals surface area contributed by atoms with Crippen molar-refractivity contribution in [2.75, 3.05) is 13.2 Å². The number of hydrogen-bond acceptors (Lipinski definition) is 6. The van der Waals surface area contributed by atoms with E-state index in [1.54, 1.807) is 0 Å². The Morgan fingerprint density at radius 1 is 0.591 bits per heavy atom. The summed E-state index contributed by atoms with van der Waals surface area (Å²) in [5.74, 6) is -2.89. The second-order valence-electron chi connectivity index (χ2n) is 5.31. The lowest BCUT2D eigenvalue weighted by molar-refractivity contribution is -0.304. The second kappa shape index (κ2) is 13.3. The van der Waals surface area contributed by atoms with Crippen LogP contribution in [0.4, 0.5) is 0 Å². The van der Waals surface area contributed by atoms with E-state index in [0.29, 0.717) is 25.7 Å². The number of carboxylic acids is 2. The van der Waals surface area contributed by atoms with Gasteiger partial charge in [-0.1, -0.05) is 25.7 Å². The van der Waals surface area contributed by atoms with Crippen molar-refractivity contribution in [2.45, 2.75) is 64.2 Å². The molecule has 0 bridgehead atoms. The van der Waals surface area contributed by atoms with Crippen molar-refractivity contribution in [3.63, 3.8) is 0 Å². The summed E-state index contributed by atoms with van der Waals surface area (Å²) in [5, 5.41) is 39.7. The third kappa shape index (κ3) is 9.52. The van der Waals surface area contributed by atoms with Gasteiger partial charge >= 0.3 is 0 Å². The van der Waals surface area contributed by atoms with E-state index in [4.69, 9.17) is 10.2 Å². The van der Waals surface area contributed by atoms with Crippen LogP contribution in [0.1, 0.15) is 64.2 Å². The molecule has 0 heterocycles. The summed E-state index contributed by atoms with van der Waals surface area (Å²) in [6.07, 6.45) is 5.71. The molecular formula is C16H26O6-2. The Morgan fingerprint density at radius 3 is 1.18 bits per heavy atom. The second-order valence-corrected chi connectivity index (χ2v) is 5.31. The van der Waals surface area contributed by atoms with Crippen LogP contribution in [0, 0.1) is 0 Å². The fourth-order valence-electron chi connectivity index (χ4n) is 2.29. The molecule has 0 aliphatic carbocycles. The Balaban J connectivity index is 4.55. The standard InChI is InChI=1S/C16H28O6/c17-11-7-3-1-5-9-13(15(19)20)14(16(21)22)10-6-2-4-8-12-18/h17-18H,1-12H2,(H,19,20)(H,21,22)/p-2/b14-13-. The maximum atomic E-state index is 11.2. The average molecular weight is 314 g/mol. The molecule has 0 saturated heterocycles. The SMILES string of the molecule is O=C([O-])/C(CCCCCCO)=C(/CCCCCCO)C(=O)[O-]. The van der Waals surface area contributed by atoms with Crippen molar-refractivity contribution >= 4 is 11.9 Å². The molecule has 22 heavy (non-hydrogen) atoms. The molecule has 0 aliphatic heterocycles. The molecule has 6 nitrogen and oxygen atoms in total. The monoisotopic (exact) mass is 314 g/mol. The first kappa shape index (κ1) is 20.6. The fourth-order valence-corrected chi connectivity index (χ4v) is 2.29. The Labute approximate surface area is 131 Å². The van der Waals surface area contributed by atoms with Crippen LogP contribution in [-0.2, 0) is 9.59 Å². The van der Waals surface area contributed by atoms with E-state index in [1.165, 1.54) is 0 Å². The van der Waals surface area contributed by atoms with Gasteiger partial charge < -0.3 is 30.0 Å². The Morgan fingerprint density at radius 2 is 0.909 bits per heavy atom. The largest absolute Gasteiger partial charge is 0.545 e. The molecule has 0 rings (SSSR count). The molecule has 0 unspecified atom stereocenters. The summed E-state index contributed by atoms with van der Waals surface area (Å²) in [6.45, 7) is 0.197. The molecule has 0 fully saturated rings. The van der Waals surface area contributed by atoms with E-state index >= 15 is 0 Å². The van der Waals surface area contributed by atoms with Crippen molar-refractivity contribution < 1.29 is 30.0 Å². The third-order valence-corrected chi connectivity index (χ3v) is 3.53. The summed E-state index contributed by atoms with van der Waals surface area (Å²) in [5.41, 5.74) is -0.350. The van der Waals surface area contributed by atoms with Crippen molar-refractivity contribution in [2.24, 2.45) is 0 Å². The number of aliphatic carboxylic acids is 2. The summed E-state index contributed by atoms with van der Waals surface area (Å²) < 4.78 is 0. The molecule has 2 N–H and O–H groups in total. The topological polar surface area (TPSA) is 121 Å². The van der Waals surface area contributed by atoms with Crippen molar-refractivity contribution in [1.82, 2.24) is 0 Å². The van der Waals surface area contributed by atoms with Gasteiger partial charge in [0.2, 0.25) is 0 Å². The number of carboxylic acid groups (broad SMARTS) is 2. The first-order chi connectivity index (χ1) is 10.5. The van der Waals surface area contributed by atoms with Gasteiger partial charge in [-0.25, -0.2) is 0 Å². The van der Waals surface area contributed by atoms with Crippen LogP contribution in [0.5, 0.6) is 0 Å². The number of aliphatic hydroxyl groups excluding tert-OH is 2. The van der Waals surface area contributed by atoms with Gasteiger partial charge in [0.05, 0.1) is 11.9 Å². The van der Waals surface area contributed by atoms with Crippen LogP contribution in [-0.4, -0.2) is 35.4 Å². The molecule has 128 valence electrons. The highest BCUT2D eigenvalue weighted by molar-refractivity contribution is 5.97. The number of carbonyl (C=O) groups is 2. The van der Waals surface area contributed by atoms with E-state index in [0.717, 1.165) is 25.7 Å². The molecule has 0 amide bonds. The van der Waals surface area contributed by atoms with Crippen LogP contribution in [0.25, 0.3) is 0 Å². The predicted octanol–water partition coefficient (Wildman–Crippen LogP) is -0.332. The lowest BCUT2D eigenvalue weighted by Gasteiger charge is -2.17. The van der Waals surface area contributed by atoms with Gasteiger partial charge in [-0.15, -0.1) is 0 Å². The molecule has 0 saturated carbocycles. The van der Waals surface area contributed by atoms with Crippen LogP contribution in [0.2, 0.25) is 0 Å². The third-order valence-electron chi connectivity index (χ3n) is 3.53. The van der Waals surface area contributed by atoms with Gasteiger partial charge in [-0.2, -0.15) is 0 Å². The summed E-state index contributed by atoms with van der Waals surface area (Å²) >= 11 is 0. The molecule has 6 heteroatoms. The van der Waals surface area contributed by atoms with Crippen molar-refractivity contribution in [3.8, 4) is 0 Å². The zero-order chi connectivity index (χ0) is 16.8. The number of rotatable bonds is 14. The first-order valence-corrected chi connectivity index (χ1v) is 7.91. The van der Waals surface area contributed by atoms with Gasteiger partial charge in [0.15, 0.2) is 0 Å². The Kier molecular flexibility index (Phi) is 12.4. The predicted molar refractivity (Wildman–Crippen MR) is 77.4 cm³/mol. The zero-order valence-electron chi connectivity index (χ0n) is 13.0. The highest BCUT2D eigenvalue weighted by atomic mass is 16.4. The molecule has 0 aromatic heterocycles. The van der Waals surface area contributed by atoms with Gasteiger partial charge in [0, 0.05) is 13.2 Å². The number of unbranched alkanes of at least 4 members (excludes halogenated alkanes) is 6. The normalized spacial score (nSPS) is 12.1. The van der Waals surface area contributed by atoms with E-state index in [9.17, 15) is 19.8 Å². The first-order valence-electron chi connectivity index (χ1n) is 7.91.